The van der Waals surface area contributed by atoms with Crippen LogP contribution in [-0.4, -0.2) is 60.9 Å². The summed E-state index contributed by atoms with van der Waals surface area (Å²) in [6.45, 7) is 0. The zero-order chi connectivity index (χ0) is 45.2. The monoisotopic (exact) mass is 948 g/mol. The minimum atomic E-state index is -8.77. The molecule has 60 heavy (non-hydrogen) atoms. The van der Waals surface area contributed by atoms with E-state index in [1.54, 1.807) is 48.5 Å². The molecular formula is C39H26F20Ge. The van der Waals surface area contributed by atoms with Crippen LogP contribution in [0.1, 0.15) is 23.1 Å². The minimum absolute atomic E-state index is 0.180. The predicted octanol–water partition coefficient (Wildman–Crippen LogP) is 13.6. The first kappa shape index (κ1) is 46.8. The summed E-state index contributed by atoms with van der Waals surface area (Å²) in [4.78, 5) is 0. The average Bonchev–Trinajstić information content (AvgIpc) is 3.15. The van der Waals surface area contributed by atoms with Gasteiger partial charge in [0, 0.05) is 0 Å². The van der Waals surface area contributed by atoms with Gasteiger partial charge in [0.25, 0.3) is 0 Å². The van der Waals surface area contributed by atoms with Crippen LogP contribution in [0.15, 0.2) is 109 Å². The molecule has 0 aliphatic heterocycles. The van der Waals surface area contributed by atoms with Crippen molar-refractivity contribution in [2.45, 2.75) is 76.0 Å². The third-order valence-corrected chi connectivity index (χ3v) is 20.6. The number of hydrogen-bond acceptors (Lipinski definition) is 0. The van der Waals surface area contributed by atoms with E-state index in [0.717, 1.165) is 12.1 Å². The number of rotatable bonds is 14. The molecule has 0 spiro atoms. The van der Waals surface area contributed by atoms with E-state index in [1.807, 2.05) is 0 Å². The molecule has 5 rings (SSSR count). The summed E-state index contributed by atoms with van der Waals surface area (Å²) in [6, 6.07) is 24.3. The van der Waals surface area contributed by atoms with Crippen molar-refractivity contribution in [3.05, 3.63) is 126 Å². The third kappa shape index (κ3) is 7.89. The normalized spacial score (nSPS) is 14.6. The van der Waals surface area contributed by atoms with Crippen LogP contribution in [0, 0.1) is 0 Å². The van der Waals surface area contributed by atoms with E-state index in [2.05, 4.69) is 0 Å². The Bertz CT molecular complexity index is 2230. The van der Waals surface area contributed by atoms with Crippen LogP contribution in [-0.2, 0) is 16.7 Å². The van der Waals surface area contributed by atoms with Gasteiger partial charge in [0.1, 0.15) is 0 Å². The topological polar surface area (TPSA) is 0 Å². The maximum atomic E-state index is 15.7. The Labute approximate surface area is 328 Å². The van der Waals surface area contributed by atoms with Gasteiger partial charge in [-0.2, -0.15) is 0 Å². The zero-order valence-electron chi connectivity index (χ0n) is 29.8. The molecule has 0 aromatic heterocycles. The van der Waals surface area contributed by atoms with Crippen LogP contribution in [0.5, 0.6) is 0 Å². The Kier molecular flexibility index (Phi) is 11.9. The quantitative estimate of drug-likeness (QED) is 0.0769. The van der Waals surface area contributed by atoms with E-state index >= 15 is 17.6 Å². The molecule has 5 aromatic carbocycles. The van der Waals surface area contributed by atoms with Gasteiger partial charge >= 0.3 is 329 Å². The molecule has 0 unspecified atom stereocenters. The molecule has 0 aliphatic carbocycles. The first-order valence-corrected chi connectivity index (χ1v) is 22.6. The van der Waals surface area contributed by atoms with Gasteiger partial charge in [0.2, 0.25) is 0 Å². The molecule has 0 aliphatic rings. The summed E-state index contributed by atoms with van der Waals surface area (Å²) >= 11 is -5.19. The molecule has 0 bridgehead atoms. The van der Waals surface area contributed by atoms with Crippen molar-refractivity contribution in [2.24, 2.45) is 0 Å². The molecule has 0 saturated carbocycles. The molecule has 0 saturated heterocycles. The Hall–Kier alpha value is -4.24. The Morgan fingerprint density at radius 1 is 0.367 bits per heavy atom. The van der Waals surface area contributed by atoms with Crippen LogP contribution in [0.25, 0.3) is 21.5 Å². The Balaban J connectivity index is 1.66. The van der Waals surface area contributed by atoms with Crippen LogP contribution >= 0.6 is 0 Å². The third-order valence-electron chi connectivity index (χ3n) is 10.2. The number of halogens is 20. The second-order valence-electron chi connectivity index (χ2n) is 14.2. The van der Waals surface area contributed by atoms with Crippen molar-refractivity contribution in [1.82, 2.24) is 0 Å². The number of fused-ring (bicyclic) bond motifs is 2. The van der Waals surface area contributed by atoms with Gasteiger partial charge in [-0.25, -0.2) is 0 Å². The maximum absolute atomic E-state index is 15.7. The second-order valence-corrected chi connectivity index (χ2v) is 23.3. The van der Waals surface area contributed by atoms with E-state index in [9.17, 15) is 70.2 Å². The van der Waals surface area contributed by atoms with Gasteiger partial charge in [-0.3, -0.25) is 0 Å². The van der Waals surface area contributed by atoms with Crippen molar-refractivity contribution in [2.75, 3.05) is 0 Å². The van der Waals surface area contributed by atoms with Crippen molar-refractivity contribution >= 4 is 39.2 Å². The van der Waals surface area contributed by atoms with Gasteiger partial charge in [0.05, 0.1) is 0 Å². The van der Waals surface area contributed by atoms with E-state index in [1.165, 1.54) is 36.4 Å². The molecule has 5 aromatic rings. The van der Waals surface area contributed by atoms with Gasteiger partial charge in [-0.15, -0.1) is 0 Å². The summed E-state index contributed by atoms with van der Waals surface area (Å²) in [6.07, 6.45) is -15.5. The van der Waals surface area contributed by atoms with Crippen LogP contribution in [0.2, 0.25) is 5.25 Å². The molecule has 0 fully saturated rings. The first-order chi connectivity index (χ1) is 27.3. The number of hydrogen-bond donors (Lipinski definition) is 0. The van der Waals surface area contributed by atoms with Crippen molar-refractivity contribution in [3.8, 4) is 0 Å². The fourth-order valence-electron chi connectivity index (χ4n) is 6.83. The van der Waals surface area contributed by atoms with E-state index in [0.29, 0.717) is 33.7 Å². The molecule has 326 valence electrons. The van der Waals surface area contributed by atoms with Gasteiger partial charge in [-0.1, -0.05) is 0 Å². The number of alkyl halides is 20. The van der Waals surface area contributed by atoms with E-state index < -0.39 is 94.8 Å². The van der Waals surface area contributed by atoms with E-state index in [-0.39, 0.29) is 15.5 Å². The summed E-state index contributed by atoms with van der Waals surface area (Å²) < 4.78 is 282. The van der Waals surface area contributed by atoms with Crippen LogP contribution in [0.3, 0.4) is 0 Å². The number of benzene rings is 5. The average molecular weight is 947 g/mol. The molecule has 0 radical (unpaired) electrons. The fourth-order valence-corrected chi connectivity index (χ4v) is 17.0. The van der Waals surface area contributed by atoms with E-state index in [4.69, 9.17) is 0 Å². The van der Waals surface area contributed by atoms with Crippen LogP contribution in [0.4, 0.5) is 87.8 Å². The van der Waals surface area contributed by atoms with Crippen molar-refractivity contribution in [3.63, 3.8) is 0 Å². The summed E-state index contributed by atoms with van der Waals surface area (Å²) in [5.74, 6) is -57.4. The summed E-state index contributed by atoms with van der Waals surface area (Å²) in [7, 11) is 0. The Morgan fingerprint density at radius 3 is 1.12 bits per heavy atom. The fraction of sp³-hybridized carbons (Fsp3) is 0.333. The molecule has 0 N–H and O–H groups in total. The predicted molar refractivity (Wildman–Crippen MR) is 182 cm³/mol. The molecule has 21 heteroatoms. The summed E-state index contributed by atoms with van der Waals surface area (Å²) in [5.41, 5.74) is -0.825. The first-order valence-electron chi connectivity index (χ1n) is 17.1. The summed E-state index contributed by atoms with van der Waals surface area (Å²) in [5, 5.41) is -0.0917. The Morgan fingerprint density at radius 2 is 0.733 bits per heavy atom. The zero-order valence-corrected chi connectivity index (χ0v) is 31.9. The molecule has 0 amide bonds. The molecule has 0 heterocycles. The van der Waals surface area contributed by atoms with Gasteiger partial charge in [-0.05, 0) is 0 Å². The van der Waals surface area contributed by atoms with Crippen molar-refractivity contribution < 1.29 is 87.8 Å². The van der Waals surface area contributed by atoms with Crippen molar-refractivity contribution in [1.29, 1.82) is 0 Å². The van der Waals surface area contributed by atoms with Gasteiger partial charge < -0.3 is 0 Å². The standard InChI is InChI=1S/C39H26F20Ge/c40-31(41,33(45,46)34(47,48)35(49,50)36(51,52)37(53,54)38(55,56)39(57,58)59)17-18-60(30-15-13-29(14-16-30)32(42,43)44,21-23-9-11-25-5-1-3-7-27(25)19-23)22-24-10-12-26-6-2-4-8-28(26)20-24/h1-16,19-20H,17-18,21-22H2. The second kappa shape index (κ2) is 15.3. The van der Waals surface area contributed by atoms with Crippen LogP contribution < -0.4 is 4.40 Å². The SMILES string of the molecule is FC(F)(F)c1cc[c]([Ge]([CH2]CC(F)(F)C(F)(F)C(F)(F)C(F)(F)C(F)(F)C(F)(F)C(F)(F)C(F)(F)F)([CH2]c2ccc3ccccc3c2)[CH2]c2ccc3ccccc3c2)cc1. The molecule has 0 nitrogen and oxygen atoms in total. The van der Waals surface area contributed by atoms with Gasteiger partial charge in [0.15, 0.2) is 0 Å². The molecule has 0 atom stereocenters. The molecular weight excluding hydrogens is 921 g/mol.